The highest BCUT2D eigenvalue weighted by atomic mass is 16.5. The van der Waals surface area contributed by atoms with Crippen molar-refractivity contribution < 1.29 is 13.9 Å². The fourth-order valence-corrected chi connectivity index (χ4v) is 1.27. The second kappa shape index (κ2) is 6.17. The summed E-state index contributed by atoms with van der Waals surface area (Å²) in [5.41, 5.74) is 0. The molecular formula is C11H18N2O3. The molecule has 5 nitrogen and oxygen atoms in total. The number of methoxy groups -OCH3 is 1. The summed E-state index contributed by atoms with van der Waals surface area (Å²) in [6, 6.07) is 3.51. The van der Waals surface area contributed by atoms with E-state index in [2.05, 4.69) is 10.6 Å². The number of rotatable bonds is 5. The zero-order valence-corrected chi connectivity index (χ0v) is 9.82. The molecule has 90 valence electrons. The summed E-state index contributed by atoms with van der Waals surface area (Å²) < 4.78 is 10.4. The van der Waals surface area contributed by atoms with Crippen LogP contribution in [0.3, 0.4) is 0 Å². The van der Waals surface area contributed by atoms with Gasteiger partial charge in [-0.3, -0.25) is 0 Å². The standard InChI is InChI=1S/C11H18N2O3/c1-8(2)13-11(14)12-7-10(15-3)9-5-4-6-16-9/h4-6,8,10H,7H2,1-3H3,(H2,12,13,14). The van der Waals surface area contributed by atoms with Crippen LogP contribution in [0.1, 0.15) is 25.7 Å². The van der Waals surface area contributed by atoms with E-state index in [0.29, 0.717) is 12.3 Å². The highest BCUT2D eigenvalue weighted by Gasteiger charge is 2.14. The molecule has 2 amide bonds. The average molecular weight is 226 g/mol. The first-order valence-electron chi connectivity index (χ1n) is 5.24. The van der Waals surface area contributed by atoms with Crippen LogP contribution in [-0.2, 0) is 4.74 Å². The quantitative estimate of drug-likeness (QED) is 0.802. The Balaban J connectivity index is 2.38. The first kappa shape index (κ1) is 12.6. The highest BCUT2D eigenvalue weighted by molar-refractivity contribution is 5.74. The number of hydrogen-bond acceptors (Lipinski definition) is 3. The summed E-state index contributed by atoms with van der Waals surface area (Å²) in [7, 11) is 1.58. The molecule has 0 fully saturated rings. The zero-order valence-electron chi connectivity index (χ0n) is 9.82. The lowest BCUT2D eigenvalue weighted by atomic mass is 10.2. The zero-order chi connectivity index (χ0) is 12.0. The van der Waals surface area contributed by atoms with Crippen molar-refractivity contribution in [3.05, 3.63) is 24.2 Å². The van der Waals surface area contributed by atoms with Gasteiger partial charge in [-0.15, -0.1) is 0 Å². The molecule has 1 aromatic heterocycles. The first-order chi connectivity index (χ1) is 7.63. The average Bonchev–Trinajstić information content (AvgIpc) is 2.71. The summed E-state index contributed by atoms with van der Waals surface area (Å²) in [5, 5.41) is 5.45. The molecule has 16 heavy (non-hydrogen) atoms. The predicted molar refractivity (Wildman–Crippen MR) is 60.1 cm³/mol. The Bertz CT molecular complexity index is 309. The number of carbonyl (C=O) groups is 1. The van der Waals surface area contributed by atoms with E-state index in [1.54, 1.807) is 19.4 Å². The molecule has 1 aromatic rings. The summed E-state index contributed by atoms with van der Waals surface area (Å²) in [5.74, 6) is 0.701. The van der Waals surface area contributed by atoms with Gasteiger partial charge in [-0.25, -0.2) is 4.79 Å². The second-order valence-electron chi connectivity index (χ2n) is 3.75. The van der Waals surface area contributed by atoms with Crippen molar-refractivity contribution in [2.24, 2.45) is 0 Å². The maximum atomic E-state index is 11.3. The topological polar surface area (TPSA) is 63.5 Å². The van der Waals surface area contributed by atoms with Gasteiger partial charge in [-0.05, 0) is 26.0 Å². The van der Waals surface area contributed by atoms with Crippen LogP contribution in [0.5, 0.6) is 0 Å². The summed E-state index contributed by atoms with van der Waals surface area (Å²) in [6.45, 7) is 4.18. The number of amides is 2. The molecule has 0 aliphatic rings. The molecule has 0 spiro atoms. The van der Waals surface area contributed by atoms with Gasteiger partial charge in [0.25, 0.3) is 0 Å². The van der Waals surface area contributed by atoms with E-state index >= 15 is 0 Å². The van der Waals surface area contributed by atoms with Gasteiger partial charge in [-0.1, -0.05) is 0 Å². The van der Waals surface area contributed by atoms with Crippen LogP contribution < -0.4 is 10.6 Å². The van der Waals surface area contributed by atoms with Gasteiger partial charge in [0.15, 0.2) is 0 Å². The molecule has 2 N–H and O–H groups in total. The minimum absolute atomic E-state index is 0.115. The molecule has 0 aliphatic heterocycles. The minimum atomic E-state index is -0.257. The maximum Gasteiger partial charge on any atom is 0.315 e. The lowest BCUT2D eigenvalue weighted by molar-refractivity contribution is 0.0849. The Morgan fingerprint density at radius 2 is 2.31 bits per heavy atom. The van der Waals surface area contributed by atoms with Crippen LogP contribution in [0.4, 0.5) is 4.79 Å². The fourth-order valence-electron chi connectivity index (χ4n) is 1.27. The Kier molecular flexibility index (Phi) is 4.85. The van der Waals surface area contributed by atoms with Gasteiger partial charge < -0.3 is 19.8 Å². The van der Waals surface area contributed by atoms with Crippen LogP contribution in [0.25, 0.3) is 0 Å². The number of furan rings is 1. The highest BCUT2D eigenvalue weighted by Crippen LogP contribution is 2.15. The van der Waals surface area contributed by atoms with Crippen molar-refractivity contribution >= 4 is 6.03 Å². The van der Waals surface area contributed by atoms with Crippen LogP contribution in [0.2, 0.25) is 0 Å². The van der Waals surface area contributed by atoms with Crippen LogP contribution >= 0.6 is 0 Å². The van der Waals surface area contributed by atoms with Crippen LogP contribution in [0.15, 0.2) is 22.8 Å². The minimum Gasteiger partial charge on any atom is -0.467 e. The summed E-state index contributed by atoms with van der Waals surface area (Å²) in [6.07, 6.45) is 1.32. The number of nitrogens with one attached hydrogen (secondary N) is 2. The molecule has 0 saturated carbocycles. The van der Waals surface area contributed by atoms with Gasteiger partial charge in [-0.2, -0.15) is 0 Å². The van der Waals surface area contributed by atoms with Crippen molar-refractivity contribution in [2.75, 3.05) is 13.7 Å². The van der Waals surface area contributed by atoms with Crippen molar-refractivity contribution in [2.45, 2.75) is 26.0 Å². The fraction of sp³-hybridized carbons (Fsp3) is 0.545. The Hall–Kier alpha value is -1.49. The van der Waals surface area contributed by atoms with Crippen molar-refractivity contribution in [3.8, 4) is 0 Å². The van der Waals surface area contributed by atoms with Crippen molar-refractivity contribution in [1.29, 1.82) is 0 Å². The van der Waals surface area contributed by atoms with E-state index < -0.39 is 0 Å². The number of ether oxygens (including phenoxy) is 1. The van der Waals surface area contributed by atoms with Crippen molar-refractivity contribution in [1.82, 2.24) is 10.6 Å². The normalized spacial score (nSPS) is 12.5. The number of hydrogen-bond donors (Lipinski definition) is 2. The maximum absolute atomic E-state index is 11.3. The largest absolute Gasteiger partial charge is 0.467 e. The van der Waals surface area contributed by atoms with Crippen LogP contribution in [0, 0.1) is 0 Å². The lowest BCUT2D eigenvalue weighted by Gasteiger charge is -2.15. The second-order valence-corrected chi connectivity index (χ2v) is 3.75. The molecule has 0 saturated heterocycles. The molecule has 0 radical (unpaired) electrons. The molecule has 1 atom stereocenters. The number of carbonyl (C=O) groups excluding carboxylic acids is 1. The SMILES string of the molecule is COC(CNC(=O)NC(C)C)c1ccco1. The summed E-state index contributed by atoms with van der Waals surface area (Å²) >= 11 is 0. The van der Waals surface area contributed by atoms with Gasteiger partial charge in [0, 0.05) is 13.2 Å². The Morgan fingerprint density at radius 3 is 2.81 bits per heavy atom. The van der Waals surface area contributed by atoms with E-state index in [-0.39, 0.29) is 18.2 Å². The van der Waals surface area contributed by atoms with E-state index in [4.69, 9.17) is 9.15 Å². The third-order valence-electron chi connectivity index (χ3n) is 2.01. The molecule has 0 aliphatic carbocycles. The van der Waals surface area contributed by atoms with Gasteiger partial charge in [0.2, 0.25) is 0 Å². The van der Waals surface area contributed by atoms with E-state index in [9.17, 15) is 4.79 Å². The van der Waals surface area contributed by atoms with Crippen molar-refractivity contribution in [3.63, 3.8) is 0 Å². The molecule has 1 rings (SSSR count). The molecular weight excluding hydrogens is 208 g/mol. The van der Waals surface area contributed by atoms with Gasteiger partial charge >= 0.3 is 6.03 Å². The Labute approximate surface area is 95.2 Å². The molecule has 0 bridgehead atoms. The third-order valence-corrected chi connectivity index (χ3v) is 2.01. The first-order valence-corrected chi connectivity index (χ1v) is 5.24. The van der Waals surface area contributed by atoms with E-state index in [1.165, 1.54) is 0 Å². The van der Waals surface area contributed by atoms with Gasteiger partial charge in [0.1, 0.15) is 11.9 Å². The molecule has 5 heteroatoms. The third kappa shape index (κ3) is 3.94. The Morgan fingerprint density at radius 1 is 1.56 bits per heavy atom. The molecule has 0 aromatic carbocycles. The van der Waals surface area contributed by atoms with Gasteiger partial charge in [0.05, 0.1) is 12.8 Å². The smallest absolute Gasteiger partial charge is 0.315 e. The van der Waals surface area contributed by atoms with Crippen LogP contribution in [-0.4, -0.2) is 25.7 Å². The number of urea groups is 1. The van der Waals surface area contributed by atoms with E-state index in [0.717, 1.165) is 0 Å². The monoisotopic (exact) mass is 226 g/mol. The molecule has 1 heterocycles. The lowest BCUT2D eigenvalue weighted by Crippen LogP contribution is -2.41. The molecule has 1 unspecified atom stereocenters. The summed E-state index contributed by atoms with van der Waals surface area (Å²) in [4.78, 5) is 11.3. The predicted octanol–water partition coefficient (Wildman–Crippen LogP) is 1.67. The van der Waals surface area contributed by atoms with E-state index in [1.807, 2.05) is 19.9 Å².